The highest BCUT2D eigenvalue weighted by molar-refractivity contribution is 7.53. The highest BCUT2D eigenvalue weighted by Gasteiger charge is 2.28. The van der Waals surface area contributed by atoms with Crippen LogP contribution in [-0.4, -0.2) is 31.5 Å². The first kappa shape index (κ1) is 20.7. The Labute approximate surface area is 144 Å². The van der Waals surface area contributed by atoms with E-state index in [1.54, 1.807) is 6.92 Å². The van der Waals surface area contributed by atoms with Gasteiger partial charge < -0.3 is 19.1 Å². The van der Waals surface area contributed by atoms with Crippen molar-refractivity contribution in [3.63, 3.8) is 0 Å². The number of benzene rings is 1. The van der Waals surface area contributed by atoms with Crippen LogP contribution in [0.3, 0.4) is 0 Å². The summed E-state index contributed by atoms with van der Waals surface area (Å²) in [6, 6.07) is 9.03. The number of rotatable bonds is 11. The van der Waals surface area contributed by atoms with Gasteiger partial charge >= 0.3 is 13.7 Å². The molecule has 136 valence electrons. The minimum atomic E-state index is -3.21. The summed E-state index contributed by atoms with van der Waals surface area (Å²) >= 11 is 0. The average molecular weight is 357 g/mol. The van der Waals surface area contributed by atoms with Crippen LogP contribution >= 0.6 is 7.60 Å². The Bertz CT molecular complexity index is 511. The lowest BCUT2D eigenvalue weighted by molar-refractivity contribution is 0.136. The number of nitrogens with one attached hydrogen (secondary N) is 1. The van der Waals surface area contributed by atoms with Gasteiger partial charge in [-0.2, -0.15) is 0 Å². The zero-order valence-electron chi connectivity index (χ0n) is 14.7. The fourth-order valence-corrected chi connectivity index (χ4v) is 3.92. The van der Waals surface area contributed by atoms with Crippen molar-refractivity contribution in [2.75, 3.05) is 19.4 Å². The molecule has 0 saturated carbocycles. The standard InChI is InChI=1S/C17H28NO5P/c1-4-11-22-24(20,23-12-5-2)14-15(3)18-17(19)21-13-16-9-7-6-8-10-16/h6-10,15H,4-5,11-14H2,1-3H3,(H,18,19)/t15-/m0/s1. The Morgan fingerprint density at radius 1 is 1.12 bits per heavy atom. The van der Waals surface area contributed by atoms with Crippen LogP contribution in [0.2, 0.25) is 0 Å². The number of ether oxygens (including phenoxy) is 1. The Morgan fingerprint density at radius 3 is 2.25 bits per heavy atom. The summed E-state index contributed by atoms with van der Waals surface area (Å²) in [5, 5.41) is 2.67. The Morgan fingerprint density at radius 2 is 1.71 bits per heavy atom. The van der Waals surface area contributed by atoms with Gasteiger partial charge in [0.25, 0.3) is 0 Å². The molecule has 0 aliphatic rings. The van der Waals surface area contributed by atoms with Crippen molar-refractivity contribution < 1.29 is 23.1 Å². The first-order chi connectivity index (χ1) is 11.5. The van der Waals surface area contributed by atoms with Gasteiger partial charge in [-0.05, 0) is 25.3 Å². The fraction of sp³-hybridized carbons (Fsp3) is 0.588. The van der Waals surface area contributed by atoms with Crippen LogP contribution in [0.15, 0.2) is 30.3 Å². The topological polar surface area (TPSA) is 73.9 Å². The van der Waals surface area contributed by atoms with Crippen molar-refractivity contribution in [3.8, 4) is 0 Å². The largest absolute Gasteiger partial charge is 0.445 e. The molecule has 0 fully saturated rings. The van der Waals surface area contributed by atoms with Gasteiger partial charge in [0.1, 0.15) is 6.61 Å². The molecule has 0 saturated heterocycles. The van der Waals surface area contributed by atoms with Gasteiger partial charge in [-0.15, -0.1) is 0 Å². The summed E-state index contributed by atoms with van der Waals surface area (Å²) in [7, 11) is -3.21. The predicted molar refractivity (Wildman–Crippen MR) is 94.2 cm³/mol. The van der Waals surface area contributed by atoms with E-state index in [0.717, 1.165) is 18.4 Å². The molecule has 0 aromatic heterocycles. The van der Waals surface area contributed by atoms with E-state index in [1.807, 2.05) is 44.2 Å². The second kappa shape index (κ2) is 11.2. The average Bonchev–Trinajstić information content (AvgIpc) is 2.57. The molecule has 0 spiro atoms. The van der Waals surface area contributed by atoms with Crippen molar-refractivity contribution in [2.45, 2.75) is 46.3 Å². The Hall–Kier alpha value is -1.36. The number of hydrogen-bond donors (Lipinski definition) is 1. The quantitative estimate of drug-likeness (QED) is 0.596. The summed E-state index contributed by atoms with van der Waals surface area (Å²) in [5.74, 6) is 0. The van der Waals surface area contributed by atoms with E-state index in [2.05, 4.69) is 5.32 Å². The number of alkyl carbamates (subject to hydrolysis) is 1. The summed E-state index contributed by atoms with van der Waals surface area (Å²) in [6.45, 7) is 6.55. The molecular weight excluding hydrogens is 329 g/mol. The first-order valence-electron chi connectivity index (χ1n) is 8.34. The van der Waals surface area contributed by atoms with Crippen LogP contribution in [-0.2, 0) is 25.0 Å². The summed E-state index contributed by atoms with van der Waals surface area (Å²) in [6.07, 6.45) is 1.07. The molecule has 0 aliphatic heterocycles. The summed E-state index contributed by atoms with van der Waals surface area (Å²) in [5.41, 5.74) is 0.906. The molecule has 0 heterocycles. The van der Waals surface area contributed by atoms with Crippen LogP contribution in [0.5, 0.6) is 0 Å². The molecule has 1 N–H and O–H groups in total. The maximum Gasteiger partial charge on any atom is 0.407 e. The molecule has 0 bridgehead atoms. The van der Waals surface area contributed by atoms with Crippen molar-refractivity contribution in [1.82, 2.24) is 5.32 Å². The minimum absolute atomic E-state index is 0.118. The summed E-state index contributed by atoms with van der Waals surface area (Å²) < 4.78 is 28.6. The van der Waals surface area contributed by atoms with Crippen LogP contribution < -0.4 is 5.32 Å². The summed E-state index contributed by atoms with van der Waals surface area (Å²) in [4.78, 5) is 11.8. The molecular formula is C17H28NO5P. The molecule has 1 aromatic carbocycles. The van der Waals surface area contributed by atoms with E-state index in [4.69, 9.17) is 13.8 Å². The van der Waals surface area contributed by atoms with Crippen molar-refractivity contribution in [2.24, 2.45) is 0 Å². The molecule has 0 unspecified atom stereocenters. The van der Waals surface area contributed by atoms with Gasteiger partial charge in [-0.25, -0.2) is 4.79 Å². The normalized spacial score (nSPS) is 12.6. The van der Waals surface area contributed by atoms with Gasteiger partial charge in [0.15, 0.2) is 0 Å². The maximum atomic E-state index is 12.7. The van der Waals surface area contributed by atoms with E-state index in [9.17, 15) is 9.36 Å². The lowest BCUT2D eigenvalue weighted by atomic mass is 10.2. The second-order valence-corrected chi connectivity index (χ2v) is 7.67. The van der Waals surface area contributed by atoms with E-state index in [1.165, 1.54) is 0 Å². The highest BCUT2D eigenvalue weighted by Crippen LogP contribution is 2.48. The molecule has 0 aliphatic carbocycles. The van der Waals surface area contributed by atoms with Gasteiger partial charge in [0, 0.05) is 6.04 Å². The Kier molecular flexibility index (Phi) is 9.69. The fourth-order valence-electron chi connectivity index (χ4n) is 1.95. The van der Waals surface area contributed by atoms with Crippen LogP contribution in [0.1, 0.15) is 39.2 Å². The molecule has 6 nitrogen and oxygen atoms in total. The number of carbonyl (C=O) groups excluding carboxylic acids is 1. The van der Waals surface area contributed by atoms with E-state index in [0.29, 0.717) is 13.2 Å². The minimum Gasteiger partial charge on any atom is -0.445 e. The molecule has 1 rings (SSSR count). The third-order valence-electron chi connectivity index (χ3n) is 3.06. The molecule has 0 radical (unpaired) electrons. The van der Waals surface area contributed by atoms with Crippen molar-refractivity contribution >= 4 is 13.7 Å². The van der Waals surface area contributed by atoms with E-state index < -0.39 is 13.7 Å². The number of amides is 1. The van der Waals surface area contributed by atoms with Crippen LogP contribution in [0.4, 0.5) is 4.79 Å². The zero-order chi connectivity index (χ0) is 17.8. The lowest BCUT2D eigenvalue weighted by Crippen LogP contribution is -2.35. The van der Waals surface area contributed by atoms with Gasteiger partial charge in [-0.1, -0.05) is 44.2 Å². The molecule has 24 heavy (non-hydrogen) atoms. The molecule has 1 atom stereocenters. The molecule has 1 amide bonds. The smallest absolute Gasteiger partial charge is 0.407 e. The predicted octanol–water partition coefficient (Wildman–Crippen LogP) is 4.35. The highest BCUT2D eigenvalue weighted by atomic mass is 31.2. The van der Waals surface area contributed by atoms with E-state index in [-0.39, 0.29) is 18.8 Å². The SMILES string of the molecule is CCCOP(=O)(C[C@H](C)NC(=O)OCc1ccccc1)OCCC. The van der Waals surface area contributed by atoms with Gasteiger partial charge in [0.05, 0.1) is 19.4 Å². The maximum absolute atomic E-state index is 12.7. The van der Waals surface area contributed by atoms with Crippen molar-refractivity contribution in [1.29, 1.82) is 0 Å². The van der Waals surface area contributed by atoms with E-state index >= 15 is 0 Å². The monoisotopic (exact) mass is 357 g/mol. The number of hydrogen-bond acceptors (Lipinski definition) is 5. The Balaban J connectivity index is 2.44. The van der Waals surface area contributed by atoms with Crippen molar-refractivity contribution in [3.05, 3.63) is 35.9 Å². The lowest BCUT2D eigenvalue weighted by Gasteiger charge is -2.22. The zero-order valence-corrected chi connectivity index (χ0v) is 15.6. The second-order valence-electron chi connectivity index (χ2n) is 5.57. The first-order valence-corrected chi connectivity index (χ1v) is 10.1. The molecule has 1 aromatic rings. The third kappa shape index (κ3) is 8.48. The van der Waals surface area contributed by atoms with Gasteiger partial charge in [0.2, 0.25) is 0 Å². The van der Waals surface area contributed by atoms with Gasteiger partial charge in [-0.3, -0.25) is 4.57 Å². The van der Waals surface area contributed by atoms with Crippen LogP contribution in [0, 0.1) is 0 Å². The van der Waals surface area contributed by atoms with Crippen LogP contribution in [0.25, 0.3) is 0 Å². The molecule has 7 heteroatoms. The third-order valence-corrected chi connectivity index (χ3v) is 5.21. The number of carbonyl (C=O) groups is 1.